The van der Waals surface area contributed by atoms with Crippen molar-refractivity contribution in [2.75, 3.05) is 22.8 Å². The van der Waals surface area contributed by atoms with E-state index in [4.69, 9.17) is 4.74 Å². The first kappa shape index (κ1) is 18.7. The molecule has 1 aliphatic rings. The molecule has 0 aromatic heterocycles. The van der Waals surface area contributed by atoms with Crippen molar-refractivity contribution >= 4 is 21.4 Å². The number of sulfonamides is 1. The van der Waals surface area contributed by atoms with E-state index in [9.17, 15) is 12.8 Å². The zero-order valence-corrected chi connectivity index (χ0v) is 15.7. The summed E-state index contributed by atoms with van der Waals surface area (Å²) in [6.07, 6.45) is 0.167. The highest BCUT2D eigenvalue weighted by molar-refractivity contribution is 7.91. The van der Waals surface area contributed by atoms with Gasteiger partial charge in [0.15, 0.2) is 0 Å². The third-order valence-electron chi connectivity index (χ3n) is 4.35. The minimum Gasteiger partial charge on any atom is -0.375 e. The Kier molecular flexibility index (Phi) is 5.48. The number of ether oxygens (including phenoxy) is 1. The summed E-state index contributed by atoms with van der Waals surface area (Å²) in [6, 6.07) is 13.0. The van der Waals surface area contributed by atoms with Crippen LogP contribution in [0.5, 0.6) is 0 Å². The molecule has 3 rings (SSSR count). The molecule has 1 fully saturated rings. The van der Waals surface area contributed by atoms with Crippen LogP contribution < -0.4 is 9.62 Å². The maximum atomic E-state index is 12.9. The Labute approximate surface area is 153 Å². The van der Waals surface area contributed by atoms with E-state index < -0.39 is 10.0 Å². The van der Waals surface area contributed by atoms with Crippen LogP contribution in [0.1, 0.15) is 19.4 Å². The van der Waals surface area contributed by atoms with E-state index >= 15 is 0 Å². The van der Waals surface area contributed by atoms with Crippen LogP contribution in [-0.2, 0) is 20.5 Å². The van der Waals surface area contributed by atoms with Crippen LogP contribution in [0.4, 0.5) is 15.8 Å². The molecule has 0 bridgehead atoms. The van der Waals surface area contributed by atoms with Crippen molar-refractivity contribution in [3.8, 4) is 0 Å². The van der Waals surface area contributed by atoms with E-state index in [1.807, 2.05) is 19.1 Å². The SMILES string of the molecule is CC1CN(c2ccc(NS(=O)(=O)Cc3ccc(F)cc3)cc2)C(C)CO1. The lowest BCUT2D eigenvalue weighted by atomic mass is 10.1. The number of anilines is 2. The highest BCUT2D eigenvalue weighted by Crippen LogP contribution is 2.24. The van der Waals surface area contributed by atoms with E-state index in [1.165, 1.54) is 24.3 Å². The quantitative estimate of drug-likeness (QED) is 0.867. The molecule has 0 saturated carbocycles. The van der Waals surface area contributed by atoms with Crippen LogP contribution in [0.15, 0.2) is 48.5 Å². The number of hydrogen-bond donors (Lipinski definition) is 1. The highest BCUT2D eigenvalue weighted by Gasteiger charge is 2.23. The van der Waals surface area contributed by atoms with Gasteiger partial charge in [0.25, 0.3) is 0 Å². The molecule has 0 spiro atoms. The molecule has 1 aliphatic heterocycles. The molecular formula is C19H23FN2O3S. The number of hydrogen-bond acceptors (Lipinski definition) is 4. The zero-order valence-electron chi connectivity index (χ0n) is 14.9. The third-order valence-corrected chi connectivity index (χ3v) is 5.61. The molecule has 7 heteroatoms. The smallest absolute Gasteiger partial charge is 0.236 e. The standard InChI is InChI=1S/C19H23FN2O3S/c1-14-12-25-15(2)11-22(14)19-9-7-18(8-10-19)21-26(23,24)13-16-3-5-17(20)6-4-16/h3-10,14-15,21H,11-13H2,1-2H3. The Bertz CT molecular complexity index is 838. The number of nitrogens with one attached hydrogen (secondary N) is 1. The summed E-state index contributed by atoms with van der Waals surface area (Å²) in [5.41, 5.74) is 2.07. The predicted octanol–water partition coefficient (Wildman–Crippen LogP) is 3.38. The van der Waals surface area contributed by atoms with Gasteiger partial charge in [-0.3, -0.25) is 4.72 Å². The van der Waals surface area contributed by atoms with Crippen molar-refractivity contribution in [1.29, 1.82) is 0 Å². The van der Waals surface area contributed by atoms with E-state index in [1.54, 1.807) is 12.1 Å². The topological polar surface area (TPSA) is 58.6 Å². The number of nitrogens with zero attached hydrogens (tertiary/aromatic N) is 1. The Balaban J connectivity index is 1.67. The maximum Gasteiger partial charge on any atom is 0.236 e. The van der Waals surface area contributed by atoms with Gasteiger partial charge in [0.1, 0.15) is 5.82 Å². The molecule has 0 radical (unpaired) electrons. The lowest BCUT2D eigenvalue weighted by Crippen LogP contribution is -2.47. The van der Waals surface area contributed by atoms with Gasteiger partial charge in [-0.15, -0.1) is 0 Å². The van der Waals surface area contributed by atoms with Gasteiger partial charge >= 0.3 is 0 Å². The summed E-state index contributed by atoms with van der Waals surface area (Å²) in [4.78, 5) is 2.25. The average Bonchev–Trinajstić information content (AvgIpc) is 2.59. The van der Waals surface area contributed by atoms with Crippen molar-refractivity contribution in [2.45, 2.75) is 31.7 Å². The summed E-state index contributed by atoms with van der Waals surface area (Å²) < 4.78 is 45.7. The molecule has 140 valence electrons. The molecule has 0 amide bonds. The number of halogens is 1. The van der Waals surface area contributed by atoms with Crippen molar-refractivity contribution in [3.63, 3.8) is 0 Å². The molecule has 26 heavy (non-hydrogen) atoms. The fourth-order valence-electron chi connectivity index (χ4n) is 3.00. The van der Waals surface area contributed by atoms with Crippen molar-refractivity contribution < 1.29 is 17.5 Å². The van der Waals surface area contributed by atoms with Crippen LogP contribution >= 0.6 is 0 Å². The fourth-order valence-corrected chi connectivity index (χ4v) is 4.20. The van der Waals surface area contributed by atoms with E-state index in [0.29, 0.717) is 17.9 Å². The molecule has 2 aromatic rings. The predicted molar refractivity (Wildman–Crippen MR) is 101 cm³/mol. The van der Waals surface area contributed by atoms with Gasteiger partial charge in [-0.25, -0.2) is 12.8 Å². The normalized spacial score (nSPS) is 20.8. The Morgan fingerprint density at radius 1 is 1.12 bits per heavy atom. The van der Waals surface area contributed by atoms with Crippen molar-refractivity contribution in [3.05, 3.63) is 59.9 Å². The summed E-state index contributed by atoms with van der Waals surface area (Å²) in [7, 11) is -3.56. The second-order valence-corrected chi connectivity index (χ2v) is 8.40. The van der Waals surface area contributed by atoms with Gasteiger partial charge in [-0.05, 0) is 55.8 Å². The fraction of sp³-hybridized carbons (Fsp3) is 0.368. The largest absolute Gasteiger partial charge is 0.375 e. The number of rotatable bonds is 5. The molecule has 2 aromatic carbocycles. The Hall–Kier alpha value is -2.12. The Morgan fingerprint density at radius 3 is 2.42 bits per heavy atom. The van der Waals surface area contributed by atoms with E-state index in [0.717, 1.165) is 12.2 Å². The lowest BCUT2D eigenvalue weighted by Gasteiger charge is -2.38. The van der Waals surface area contributed by atoms with Gasteiger partial charge in [-0.1, -0.05) is 12.1 Å². The Morgan fingerprint density at radius 2 is 1.77 bits per heavy atom. The third kappa shape index (κ3) is 4.74. The number of morpholine rings is 1. The van der Waals surface area contributed by atoms with Gasteiger partial charge in [0.2, 0.25) is 10.0 Å². The highest BCUT2D eigenvalue weighted by atomic mass is 32.2. The molecule has 0 aliphatic carbocycles. The molecule has 1 saturated heterocycles. The van der Waals surface area contributed by atoms with Gasteiger partial charge < -0.3 is 9.64 Å². The van der Waals surface area contributed by atoms with Crippen LogP contribution in [0.25, 0.3) is 0 Å². The van der Waals surface area contributed by atoms with Crippen molar-refractivity contribution in [1.82, 2.24) is 0 Å². The molecule has 2 unspecified atom stereocenters. The monoisotopic (exact) mass is 378 g/mol. The van der Waals surface area contributed by atoms with Gasteiger partial charge in [-0.2, -0.15) is 0 Å². The van der Waals surface area contributed by atoms with Gasteiger partial charge in [0, 0.05) is 24.0 Å². The molecular weight excluding hydrogens is 355 g/mol. The van der Waals surface area contributed by atoms with Crippen LogP contribution in [0, 0.1) is 5.82 Å². The second kappa shape index (κ2) is 7.63. The first-order chi connectivity index (χ1) is 12.3. The van der Waals surface area contributed by atoms with Gasteiger partial charge in [0.05, 0.1) is 18.5 Å². The summed E-state index contributed by atoms with van der Waals surface area (Å²) in [5.74, 6) is -0.589. The maximum absolute atomic E-state index is 12.9. The summed E-state index contributed by atoms with van der Waals surface area (Å²) in [5, 5.41) is 0. The first-order valence-corrected chi connectivity index (χ1v) is 10.2. The minimum absolute atomic E-state index is 0.167. The van der Waals surface area contributed by atoms with Crippen LogP contribution in [0.3, 0.4) is 0 Å². The van der Waals surface area contributed by atoms with Crippen LogP contribution in [-0.4, -0.2) is 33.7 Å². The first-order valence-electron chi connectivity index (χ1n) is 8.56. The molecule has 1 heterocycles. The number of benzene rings is 2. The lowest BCUT2D eigenvalue weighted by molar-refractivity contribution is 0.0344. The molecule has 1 N–H and O–H groups in total. The van der Waals surface area contributed by atoms with E-state index in [2.05, 4.69) is 16.5 Å². The summed E-state index contributed by atoms with van der Waals surface area (Å²) >= 11 is 0. The van der Waals surface area contributed by atoms with E-state index in [-0.39, 0.29) is 23.7 Å². The second-order valence-electron chi connectivity index (χ2n) is 6.68. The van der Waals surface area contributed by atoms with Crippen molar-refractivity contribution in [2.24, 2.45) is 0 Å². The molecule has 2 atom stereocenters. The summed E-state index contributed by atoms with van der Waals surface area (Å²) in [6.45, 7) is 5.62. The minimum atomic E-state index is -3.56. The zero-order chi connectivity index (χ0) is 18.7. The molecule has 5 nitrogen and oxygen atoms in total. The van der Waals surface area contributed by atoms with Crippen LogP contribution in [0.2, 0.25) is 0 Å². The average molecular weight is 378 g/mol.